The summed E-state index contributed by atoms with van der Waals surface area (Å²) in [6.45, 7) is 6.62. The zero-order chi connectivity index (χ0) is 15.2. The number of fused-ring (bicyclic) bond motifs is 1. The van der Waals surface area contributed by atoms with Crippen LogP contribution in [0.4, 0.5) is 0 Å². The molecule has 0 bridgehead atoms. The molecule has 0 aliphatic carbocycles. The number of hydrogen-bond acceptors (Lipinski definition) is 2. The van der Waals surface area contributed by atoms with E-state index in [0.29, 0.717) is 17.9 Å². The fraction of sp³-hybridized carbons (Fsp3) is 0.389. The van der Waals surface area contributed by atoms with Gasteiger partial charge in [0.1, 0.15) is 5.75 Å². The second-order valence-electron chi connectivity index (χ2n) is 5.26. The lowest BCUT2D eigenvalue weighted by Gasteiger charge is -2.17. The summed E-state index contributed by atoms with van der Waals surface area (Å²) in [6, 6.07) is 11.9. The van der Waals surface area contributed by atoms with Crippen molar-refractivity contribution in [1.29, 1.82) is 0 Å². The molecule has 1 atom stereocenters. The van der Waals surface area contributed by atoms with Crippen molar-refractivity contribution in [2.75, 3.05) is 6.61 Å². The predicted octanol–water partition coefficient (Wildman–Crippen LogP) is 4.16. The average molecular weight is 285 g/mol. The molecule has 0 unspecified atom stereocenters. The summed E-state index contributed by atoms with van der Waals surface area (Å²) in [5.41, 5.74) is 0.637. The Morgan fingerprint density at radius 2 is 1.95 bits per heavy atom. The van der Waals surface area contributed by atoms with Crippen molar-refractivity contribution in [3.8, 4) is 5.75 Å². The van der Waals surface area contributed by atoms with Crippen LogP contribution in [-0.4, -0.2) is 18.6 Å². The van der Waals surface area contributed by atoms with Gasteiger partial charge in [0.25, 0.3) is 5.91 Å². The maximum atomic E-state index is 12.6. The molecule has 0 radical (unpaired) electrons. The molecule has 3 nitrogen and oxygen atoms in total. The summed E-state index contributed by atoms with van der Waals surface area (Å²) in [7, 11) is 0. The molecule has 1 amide bonds. The quantitative estimate of drug-likeness (QED) is 0.865. The van der Waals surface area contributed by atoms with Crippen molar-refractivity contribution in [3.05, 3.63) is 42.0 Å². The lowest BCUT2D eigenvalue weighted by Crippen LogP contribution is -2.32. The molecule has 1 N–H and O–H groups in total. The number of benzene rings is 2. The van der Waals surface area contributed by atoms with Crippen LogP contribution in [0.1, 0.15) is 44.0 Å². The van der Waals surface area contributed by atoms with Crippen LogP contribution < -0.4 is 10.1 Å². The van der Waals surface area contributed by atoms with Gasteiger partial charge >= 0.3 is 0 Å². The van der Waals surface area contributed by atoms with E-state index in [1.807, 2.05) is 50.2 Å². The summed E-state index contributed by atoms with van der Waals surface area (Å²) in [4.78, 5) is 12.6. The number of rotatable bonds is 6. The molecule has 0 aliphatic rings. The van der Waals surface area contributed by atoms with E-state index < -0.39 is 0 Å². The van der Waals surface area contributed by atoms with E-state index in [9.17, 15) is 4.79 Å². The highest BCUT2D eigenvalue weighted by atomic mass is 16.5. The summed E-state index contributed by atoms with van der Waals surface area (Å²) in [5.74, 6) is 0.591. The highest BCUT2D eigenvalue weighted by molar-refractivity contribution is 6.09. The van der Waals surface area contributed by atoms with Gasteiger partial charge in [-0.25, -0.2) is 0 Å². The second-order valence-corrected chi connectivity index (χ2v) is 5.26. The molecule has 0 fully saturated rings. The molecule has 0 saturated heterocycles. The van der Waals surface area contributed by atoms with Crippen LogP contribution in [0.3, 0.4) is 0 Å². The molecule has 112 valence electrons. The third kappa shape index (κ3) is 3.54. The monoisotopic (exact) mass is 285 g/mol. The molecule has 0 heterocycles. The molecule has 0 aromatic heterocycles. The van der Waals surface area contributed by atoms with Gasteiger partial charge in [0.15, 0.2) is 0 Å². The van der Waals surface area contributed by atoms with Crippen LogP contribution in [0.15, 0.2) is 36.4 Å². The van der Waals surface area contributed by atoms with E-state index in [-0.39, 0.29) is 11.9 Å². The van der Waals surface area contributed by atoms with Crippen molar-refractivity contribution in [2.45, 2.75) is 39.7 Å². The maximum absolute atomic E-state index is 12.6. The van der Waals surface area contributed by atoms with Gasteiger partial charge in [-0.3, -0.25) is 4.79 Å². The van der Waals surface area contributed by atoms with Crippen molar-refractivity contribution < 1.29 is 9.53 Å². The summed E-state index contributed by atoms with van der Waals surface area (Å²) >= 11 is 0. The van der Waals surface area contributed by atoms with Crippen LogP contribution in [0, 0.1) is 0 Å². The van der Waals surface area contributed by atoms with Gasteiger partial charge < -0.3 is 10.1 Å². The standard InChI is InChI=1S/C18H23NO2/c1-4-8-13(3)19-18(20)17-15-10-7-6-9-14(15)11-12-16(17)21-5-2/h6-7,9-13H,4-5,8H2,1-3H3,(H,19,20)/t13-/m1/s1. The first-order valence-electron chi connectivity index (χ1n) is 7.62. The molecule has 0 spiro atoms. The molecule has 2 aromatic rings. The minimum absolute atomic E-state index is 0.0591. The van der Waals surface area contributed by atoms with E-state index in [0.717, 1.165) is 23.6 Å². The van der Waals surface area contributed by atoms with Crippen LogP contribution in [0.5, 0.6) is 5.75 Å². The van der Waals surface area contributed by atoms with Crippen LogP contribution in [0.2, 0.25) is 0 Å². The highest BCUT2D eigenvalue weighted by Crippen LogP contribution is 2.28. The third-order valence-electron chi connectivity index (χ3n) is 3.52. The first kappa shape index (κ1) is 15.4. The van der Waals surface area contributed by atoms with E-state index >= 15 is 0 Å². The molecular weight excluding hydrogens is 262 g/mol. The fourth-order valence-corrected chi connectivity index (χ4v) is 2.56. The van der Waals surface area contributed by atoms with Gasteiger partial charge in [0.05, 0.1) is 12.2 Å². The van der Waals surface area contributed by atoms with Gasteiger partial charge in [-0.15, -0.1) is 0 Å². The van der Waals surface area contributed by atoms with Gasteiger partial charge in [-0.2, -0.15) is 0 Å². The Morgan fingerprint density at radius 3 is 2.67 bits per heavy atom. The SMILES string of the molecule is CCC[C@@H](C)NC(=O)c1c(OCC)ccc2ccccc12. The fourth-order valence-electron chi connectivity index (χ4n) is 2.56. The summed E-state index contributed by atoms with van der Waals surface area (Å²) in [5, 5.41) is 5.05. The average Bonchev–Trinajstić information content (AvgIpc) is 2.47. The van der Waals surface area contributed by atoms with Crippen molar-refractivity contribution >= 4 is 16.7 Å². The first-order chi connectivity index (χ1) is 10.2. The second kappa shape index (κ2) is 7.11. The van der Waals surface area contributed by atoms with E-state index in [1.165, 1.54) is 0 Å². The van der Waals surface area contributed by atoms with Crippen molar-refractivity contribution in [2.24, 2.45) is 0 Å². The first-order valence-corrected chi connectivity index (χ1v) is 7.62. The highest BCUT2D eigenvalue weighted by Gasteiger charge is 2.17. The van der Waals surface area contributed by atoms with E-state index in [4.69, 9.17) is 4.74 Å². The molecule has 21 heavy (non-hydrogen) atoms. The summed E-state index contributed by atoms with van der Waals surface area (Å²) < 4.78 is 5.65. The molecule has 0 aliphatic heterocycles. The molecule has 0 saturated carbocycles. The molecule has 2 aromatic carbocycles. The smallest absolute Gasteiger partial charge is 0.255 e. The van der Waals surface area contributed by atoms with Gasteiger partial charge in [-0.1, -0.05) is 43.7 Å². The van der Waals surface area contributed by atoms with Crippen LogP contribution in [-0.2, 0) is 0 Å². The maximum Gasteiger partial charge on any atom is 0.255 e. The molecular formula is C18H23NO2. The number of carbonyl (C=O) groups excluding carboxylic acids is 1. The molecule has 2 rings (SSSR count). The van der Waals surface area contributed by atoms with Crippen LogP contribution >= 0.6 is 0 Å². The zero-order valence-electron chi connectivity index (χ0n) is 13.0. The number of carbonyl (C=O) groups is 1. The third-order valence-corrected chi connectivity index (χ3v) is 3.52. The normalized spacial score (nSPS) is 12.1. The molecule has 3 heteroatoms. The van der Waals surface area contributed by atoms with Gasteiger partial charge in [-0.05, 0) is 37.1 Å². The largest absolute Gasteiger partial charge is 0.493 e. The lowest BCUT2D eigenvalue weighted by atomic mass is 10.0. The number of nitrogens with one attached hydrogen (secondary N) is 1. The Kier molecular flexibility index (Phi) is 5.20. The Hall–Kier alpha value is -2.03. The number of hydrogen-bond donors (Lipinski definition) is 1. The van der Waals surface area contributed by atoms with E-state index in [1.54, 1.807) is 0 Å². The van der Waals surface area contributed by atoms with Gasteiger partial charge in [0.2, 0.25) is 0 Å². The topological polar surface area (TPSA) is 38.3 Å². The summed E-state index contributed by atoms with van der Waals surface area (Å²) in [6.07, 6.45) is 2.02. The minimum atomic E-state index is -0.0591. The van der Waals surface area contributed by atoms with Crippen molar-refractivity contribution in [1.82, 2.24) is 5.32 Å². The van der Waals surface area contributed by atoms with Crippen molar-refractivity contribution in [3.63, 3.8) is 0 Å². The lowest BCUT2D eigenvalue weighted by molar-refractivity contribution is 0.0936. The Morgan fingerprint density at radius 1 is 1.19 bits per heavy atom. The zero-order valence-corrected chi connectivity index (χ0v) is 13.0. The predicted molar refractivity (Wildman–Crippen MR) is 87.0 cm³/mol. The minimum Gasteiger partial charge on any atom is -0.493 e. The Bertz CT molecular complexity index is 622. The number of ether oxygens (including phenoxy) is 1. The Labute approximate surface area is 126 Å². The van der Waals surface area contributed by atoms with E-state index in [2.05, 4.69) is 12.2 Å². The van der Waals surface area contributed by atoms with Crippen LogP contribution in [0.25, 0.3) is 10.8 Å². The Balaban J connectivity index is 2.43. The number of amides is 1. The van der Waals surface area contributed by atoms with Gasteiger partial charge in [0, 0.05) is 6.04 Å².